The molecule has 18 heavy (non-hydrogen) atoms. The van der Waals surface area contributed by atoms with Gasteiger partial charge in [-0.2, -0.15) is 0 Å². The van der Waals surface area contributed by atoms with Crippen LogP contribution in [0.15, 0.2) is 5.38 Å². The van der Waals surface area contributed by atoms with Crippen molar-refractivity contribution < 1.29 is 0 Å². The van der Waals surface area contributed by atoms with Crippen LogP contribution in [0.25, 0.3) is 10.8 Å². The van der Waals surface area contributed by atoms with Gasteiger partial charge in [0.05, 0.1) is 9.26 Å². The second-order valence-corrected chi connectivity index (χ2v) is 7.34. The molecule has 0 atom stereocenters. The Morgan fingerprint density at radius 2 is 1.89 bits per heavy atom. The normalized spacial score (nSPS) is 11.9. The predicted molar refractivity (Wildman–Crippen MR) is 84.3 cm³/mol. The van der Waals surface area contributed by atoms with E-state index in [0.717, 1.165) is 20.0 Å². The zero-order valence-electron chi connectivity index (χ0n) is 10.6. The van der Waals surface area contributed by atoms with Crippen LogP contribution < -0.4 is 0 Å². The van der Waals surface area contributed by atoms with Gasteiger partial charge in [-0.1, -0.05) is 32.4 Å². The number of thiazole rings is 1. The highest BCUT2D eigenvalue weighted by Crippen LogP contribution is 2.32. The van der Waals surface area contributed by atoms with Crippen LogP contribution >= 0.6 is 45.5 Å². The molecule has 0 aliphatic rings. The van der Waals surface area contributed by atoms with Gasteiger partial charge >= 0.3 is 0 Å². The van der Waals surface area contributed by atoms with Crippen LogP contribution in [0.1, 0.15) is 32.2 Å². The Hall–Kier alpha value is -0.270. The van der Waals surface area contributed by atoms with Crippen molar-refractivity contribution >= 4 is 45.5 Å². The molecule has 2 aromatic rings. The number of hydrogen-bond acceptors (Lipinski definition) is 4. The van der Waals surface area contributed by atoms with Gasteiger partial charge in [0.15, 0.2) is 10.8 Å². The highest BCUT2D eigenvalue weighted by Gasteiger charge is 2.23. The second-order valence-electron chi connectivity index (χ2n) is 5.04. The number of hydrogen-bond donors (Lipinski definition) is 0. The molecular weight excluding hydrogens is 381 g/mol. The van der Waals surface area contributed by atoms with Crippen LogP contribution in [0, 0.1) is 10.5 Å². The van der Waals surface area contributed by atoms with Crippen molar-refractivity contribution in [3.8, 4) is 10.8 Å². The standard InChI is InChI=1S/C12H13ClIN3S/c1-6-5-18-11(15-6)10-16-8(12(2,3)4)7(14)9(13)17-10/h5H,1-4H3. The van der Waals surface area contributed by atoms with Crippen molar-refractivity contribution in [3.05, 3.63) is 25.5 Å². The first-order chi connectivity index (χ1) is 8.29. The van der Waals surface area contributed by atoms with Crippen LogP contribution in [-0.4, -0.2) is 15.0 Å². The predicted octanol–water partition coefficient (Wildman–Crippen LogP) is 4.46. The van der Waals surface area contributed by atoms with Crippen LogP contribution in [-0.2, 0) is 5.41 Å². The SMILES string of the molecule is Cc1csc(-c2nc(Cl)c(I)c(C(C)(C)C)n2)n1. The topological polar surface area (TPSA) is 38.7 Å². The van der Waals surface area contributed by atoms with Crippen molar-refractivity contribution in [2.45, 2.75) is 33.1 Å². The summed E-state index contributed by atoms with van der Waals surface area (Å²) in [7, 11) is 0. The molecule has 0 aliphatic heterocycles. The van der Waals surface area contributed by atoms with Gasteiger partial charge in [0.2, 0.25) is 0 Å². The smallest absolute Gasteiger partial charge is 0.190 e. The zero-order valence-corrected chi connectivity index (χ0v) is 14.3. The minimum absolute atomic E-state index is 0.0653. The summed E-state index contributed by atoms with van der Waals surface area (Å²) < 4.78 is 0.916. The molecule has 2 heterocycles. The Morgan fingerprint density at radius 1 is 1.22 bits per heavy atom. The minimum atomic E-state index is -0.0653. The third kappa shape index (κ3) is 2.83. The van der Waals surface area contributed by atoms with E-state index in [4.69, 9.17) is 11.6 Å². The molecule has 3 nitrogen and oxygen atoms in total. The van der Waals surface area contributed by atoms with Gasteiger partial charge in [-0.25, -0.2) is 15.0 Å². The number of halogens is 2. The van der Waals surface area contributed by atoms with E-state index in [2.05, 4.69) is 58.3 Å². The lowest BCUT2D eigenvalue weighted by atomic mass is 9.92. The lowest BCUT2D eigenvalue weighted by molar-refractivity contribution is 0.563. The summed E-state index contributed by atoms with van der Waals surface area (Å²) >= 11 is 9.94. The van der Waals surface area contributed by atoms with Crippen molar-refractivity contribution in [2.75, 3.05) is 0 Å². The third-order valence-corrected chi connectivity index (χ3v) is 4.90. The zero-order chi connectivity index (χ0) is 13.5. The molecule has 0 fully saturated rings. The molecule has 2 aromatic heterocycles. The van der Waals surface area contributed by atoms with Gasteiger partial charge < -0.3 is 0 Å². The van der Waals surface area contributed by atoms with Crippen LogP contribution in [0.3, 0.4) is 0 Å². The number of aromatic nitrogens is 3. The third-order valence-electron chi connectivity index (χ3n) is 2.33. The van der Waals surface area contributed by atoms with Crippen LogP contribution in [0.4, 0.5) is 0 Å². The Bertz CT molecular complexity index is 589. The summed E-state index contributed by atoms with van der Waals surface area (Å²) in [6.45, 7) is 8.30. The molecular formula is C12H13ClIN3S. The fourth-order valence-corrected chi connectivity index (χ4v) is 3.42. The maximum absolute atomic E-state index is 6.20. The fourth-order valence-electron chi connectivity index (χ4n) is 1.47. The summed E-state index contributed by atoms with van der Waals surface area (Å²) in [6, 6.07) is 0. The molecule has 96 valence electrons. The molecule has 0 bridgehead atoms. The first-order valence-electron chi connectivity index (χ1n) is 5.45. The average molecular weight is 394 g/mol. The van der Waals surface area contributed by atoms with E-state index in [1.807, 2.05) is 12.3 Å². The highest BCUT2D eigenvalue weighted by atomic mass is 127. The van der Waals surface area contributed by atoms with E-state index in [1.54, 1.807) is 0 Å². The van der Waals surface area contributed by atoms with Crippen LogP contribution in [0.2, 0.25) is 5.15 Å². The summed E-state index contributed by atoms with van der Waals surface area (Å²) in [6.07, 6.45) is 0. The molecule has 0 amide bonds. The van der Waals surface area contributed by atoms with Gasteiger partial charge in [0, 0.05) is 16.5 Å². The van der Waals surface area contributed by atoms with Crippen LogP contribution in [0.5, 0.6) is 0 Å². The van der Waals surface area contributed by atoms with Gasteiger partial charge in [-0.15, -0.1) is 11.3 Å². The minimum Gasteiger partial charge on any atom is -0.238 e. The van der Waals surface area contributed by atoms with Gasteiger partial charge in [-0.05, 0) is 29.5 Å². The molecule has 6 heteroatoms. The molecule has 0 saturated carbocycles. The quantitative estimate of drug-likeness (QED) is 0.530. The first-order valence-corrected chi connectivity index (χ1v) is 7.78. The average Bonchev–Trinajstić information content (AvgIpc) is 2.67. The number of rotatable bonds is 1. The van der Waals surface area contributed by atoms with E-state index in [0.29, 0.717) is 11.0 Å². The van der Waals surface area contributed by atoms with E-state index in [-0.39, 0.29) is 5.41 Å². The molecule has 0 spiro atoms. The summed E-state index contributed by atoms with van der Waals surface area (Å²) in [5, 5.41) is 3.30. The van der Waals surface area contributed by atoms with Crippen molar-refractivity contribution in [3.63, 3.8) is 0 Å². The monoisotopic (exact) mass is 393 g/mol. The molecule has 0 N–H and O–H groups in total. The molecule has 2 rings (SSSR count). The maximum Gasteiger partial charge on any atom is 0.190 e. The second kappa shape index (κ2) is 5.02. The highest BCUT2D eigenvalue weighted by molar-refractivity contribution is 14.1. The molecule has 0 aliphatic carbocycles. The first kappa shape index (κ1) is 14.1. The Labute approximate surface area is 129 Å². The fraction of sp³-hybridized carbons (Fsp3) is 0.417. The van der Waals surface area contributed by atoms with Gasteiger partial charge in [0.25, 0.3) is 0 Å². The van der Waals surface area contributed by atoms with E-state index in [1.165, 1.54) is 11.3 Å². The maximum atomic E-state index is 6.20. The van der Waals surface area contributed by atoms with Gasteiger partial charge in [0.1, 0.15) is 5.15 Å². The lowest BCUT2D eigenvalue weighted by Gasteiger charge is -2.20. The van der Waals surface area contributed by atoms with Crippen molar-refractivity contribution in [2.24, 2.45) is 0 Å². The van der Waals surface area contributed by atoms with Crippen molar-refractivity contribution in [1.82, 2.24) is 15.0 Å². The molecule has 0 saturated heterocycles. The number of aryl methyl sites for hydroxylation is 1. The Kier molecular flexibility index (Phi) is 3.94. The molecule has 0 unspecified atom stereocenters. The lowest BCUT2D eigenvalue weighted by Crippen LogP contribution is -2.17. The largest absolute Gasteiger partial charge is 0.238 e. The summed E-state index contributed by atoms with van der Waals surface area (Å²) in [5.74, 6) is 0.614. The van der Waals surface area contributed by atoms with E-state index in [9.17, 15) is 0 Å². The van der Waals surface area contributed by atoms with Crippen molar-refractivity contribution in [1.29, 1.82) is 0 Å². The van der Waals surface area contributed by atoms with E-state index < -0.39 is 0 Å². The summed E-state index contributed by atoms with van der Waals surface area (Å²) in [5.41, 5.74) is 1.88. The summed E-state index contributed by atoms with van der Waals surface area (Å²) in [4.78, 5) is 13.4. The Morgan fingerprint density at radius 3 is 2.39 bits per heavy atom. The molecule has 0 radical (unpaired) electrons. The molecule has 0 aromatic carbocycles. The van der Waals surface area contributed by atoms with Gasteiger partial charge in [-0.3, -0.25) is 0 Å². The number of nitrogens with zero attached hydrogens (tertiary/aromatic N) is 3. The Balaban J connectivity index is 2.61. The van der Waals surface area contributed by atoms with E-state index >= 15 is 0 Å².